The van der Waals surface area contributed by atoms with Crippen molar-refractivity contribution in [2.75, 3.05) is 18.9 Å². The van der Waals surface area contributed by atoms with Crippen LogP contribution in [0.15, 0.2) is 29.2 Å². The Labute approximate surface area is 117 Å². The van der Waals surface area contributed by atoms with E-state index in [-0.39, 0.29) is 17.2 Å². The van der Waals surface area contributed by atoms with E-state index in [0.29, 0.717) is 11.6 Å². The number of rotatable bonds is 6. The third-order valence-corrected chi connectivity index (χ3v) is 4.23. The number of nitrogens with one attached hydrogen (secondary N) is 1. The van der Waals surface area contributed by atoms with Gasteiger partial charge in [-0.2, -0.15) is 0 Å². The number of hydrogen-bond acceptors (Lipinski definition) is 4. The van der Waals surface area contributed by atoms with E-state index in [9.17, 15) is 13.2 Å². The molecular formula is C12H16ClNO4S. The van der Waals surface area contributed by atoms with Crippen LogP contribution >= 0.6 is 11.6 Å². The van der Waals surface area contributed by atoms with Gasteiger partial charge in [0.05, 0.1) is 17.3 Å². The van der Waals surface area contributed by atoms with E-state index in [1.807, 2.05) is 6.92 Å². The molecule has 5 nitrogen and oxygen atoms in total. The van der Waals surface area contributed by atoms with Crippen molar-refractivity contribution in [2.24, 2.45) is 0 Å². The number of carbonyl (C=O) groups excluding carboxylic acids is 1. The van der Waals surface area contributed by atoms with Gasteiger partial charge in [0.15, 0.2) is 9.84 Å². The van der Waals surface area contributed by atoms with Crippen LogP contribution in [-0.2, 0) is 14.6 Å². The molecule has 0 aliphatic carbocycles. The molecule has 1 aromatic rings. The standard InChI is InChI=1S/C12H16ClNO4S/c1-2-8-18-12(15)14-7-9-19(16,17)11-5-3-10(13)4-6-11/h3-6H,2,7-9H2,1H3,(H,14,15). The fourth-order valence-corrected chi connectivity index (χ4v) is 2.58. The van der Waals surface area contributed by atoms with E-state index in [1.165, 1.54) is 24.3 Å². The molecule has 1 N–H and O–H groups in total. The molecular weight excluding hydrogens is 290 g/mol. The van der Waals surface area contributed by atoms with E-state index in [0.717, 1.165) is 6.42 Å². The van der Waals surface area contributed by atoms with Crippen molar-refractivity contribution in [2.45, 2.75) is 18.2 Å². The summed E-state index contributed by atoms with van der Waals surface area (Å²) < 4.78 is 28.6. The Kier molecular flexibility index (Phi) is 6.11. The summed E-state index contributed by atoms with van der Waals surface area (Å²) in [5.74, 6) is -0.185. The van der Waals surface area contributed by atoms with Crippen molar-refractivity contribution in [1.82, 2.24) is 5.32 Å². The van der Waals surface area contributed by atoms with Crippen molar-refractivity contribution in [1.29, 1.82) is 0 Å². The molecule has 1 rings (SSSR count). The van der Waals surface area contributed by atoms with Crippen molar-refractivity contribution >= 4 is 27.5 Å². The normalized spacial score (nSPS) is 11.1. The average molecular weight is 306 g/mol. The van der Waals surface area contributed by atoms with Gasteiger partial charge in [0, 0.05) is 11.6 Å². The van der Waals surface area contributed by atoms with Crippen molar-refractivity contribution in [3.8, 4) is 0 Å². The number of carbonyl (C=O) groups is 1. The monoisotopic (exact) mass is 305 g/mol. The van der Waals surface area contributed by atoms with Crippen LogP contribution in [0.25, 0.3) is 0 Å². The topological polar surface area (TPSA) is 72.5 Å². The second kappa shape index (κ2) is 7.35. The second-order valence-electron chi connectivity index (χ2n) is 3.84. The Morgan fingerprint density at radius 2 is 1.95 bits per heavy atom. The first-order valence-electron chi connectivity index (χ1n) is 5.84. The predicted octanol–water partition coefficient (Wildman–Crippen LogP) is 2.25. The molecule has 1 amide bonds. The summed E-state index contributed by atoms with van der Waals surface area (Å²) in [5, 5.41) is 2.86. The largest absolute Gasteiger partial charge is 0.450 e. The van der Waals surface area contributed by atoms with Gasteiger partial charge in [0.1, 0.15) is 0 Å². The summed E-state index contributed by atoms with van der Waals surface area (Å²) in [4.78, 5) is 11.3. The predicted molar refractivity (Wildman–Crippen MR) is 73.1 cm³/mol. The SMILES string of the molecule is CCCOC(=O)NCCS(=O)(=O)c1ccc(Cl)cc1. The van der Waals surface area contributed by atoms with Crippen LogP contribution in [0.1, 0.15) is 13.3 Å². The smallest absolute Gasteiger partial charge is 0.407 e. The van der Waals surface area contributed by atoms with Crippen LogP contribution in [0.3, 0.4) is 0 Å². The van der Waals surface area contributed by atoms with E-state index in [2.05, 4.69) is 5.32 Å². The van der Waals surface area contributed by atoms with Gasteiger partial charge in [0.25, 0.3) is 0 Å². The van der Waals surface area contributed by atoms with E-state index in [1.54, 1.807) is 0 Å². The zero-order valence-corrected chi connectivity index (χ0v) is 12.1. The summed E-state index contributed by atoms with van der Waals surface area (Å²) in [6, 6.07) is 5.90. The molecule has 0 saturated carbocycles. The Morgan fingerprint density at radius 3 is 2.53 bits per heavy atom. The number of halogens is 1. The van der Waals surface area contributed by atoms with Gasteiger partial charge >= 0.3 is 6.09 Å². The molecule has 106 valence electrons. The number of hydrogen-bond donors (Lipinski definition) is 1. The van der Waals surface area contributed by atoms with Gasteiger partial charge < -0.3 is 10.1 Å². The first-order valence-corrected chi connectivity index (χ1v) is 7.87. The summed E-state index contributed by atoms with van der Waals surface area (Å²) in [6.45, 7) is 2.20. The molecule has 0 radical (unpaired) electrons. The molecule has 0 spiro atoms. The second-order valence-corrected chi connectivity index (χ2v) is 6.38. The molecule has 0 aliphatic heterocycles. The molecule has 0 aliphatic rings. The third-order valence-electron chi connectivity index (χ3n) is 2.25. The quantitative estimate of drug-likeness (QED) is 0.875. The maximum absolute atomic E-state index is 11.9. The molecule has 0 aromatic heterocycles. The maximum Gasteiger partial charge on any atom is 0.407 e. The Balaban J connectivity index is 2.47. The average Bonchev–Trinajstić information content (AvgIpc) is 2.36. The number of benzene rings is 1. The third kappa shape index (κ3) is 5.48. The molecule has 1 aromatic carbocycles. The lowest BCUT2D eigenvalue weighted by Gasteiger charge is -2.07. The Morgan fingerprint density at radius 1 is 1.32 bits per heavy atom. The minimum atomic E-state index is -3.42. The highest BCUT2D eigenvalue weighted by Crippen LogP contribution is 2.14. The highest BCUT2D eigenvalue weighted by Gasteiger charge is 2.14. The number of alkyl carbamates (subject to hydrolysis) is 1. The maximum atomic E-state index is 11.9. The van der Waals surface area contributed by atoms with Crippen molar-refractivity contribution in [3.05, 3.63) is 29.3 Å². The van der Waals surface area contributed by atoms with Gasteiger partial charge in [-0.05, 0) is 30.7 Å². The molecule has 0 bridgehead atoms. The molecule has 0 atom stereocenters. The molecule has 0 unspecified atom stereocenters. The zero-order chi connectivity index (χ0) is 14.3. The van der Waals surface area contributed by atoms with Crippen LogP contribution in [0.2, 0.25) is 5.02 Å². The van der Waals surface area contributed by atoms with Crippen LogP contribution in [0.5, 0.6) is 0 Å². The van der Waals surface area contributed by atoms with Gasteiger partial charge in [-0.25, -0.2) is 13.2 Å². The number of amides is 1. The summed E-state index contributed by atoms with van der Waals surface area (Å²) in [6.07, 6.45) is 0.115. The van der Waals surface area contributed by atoms with E-state index in [4.69, 9.17) is 16.3 Å². The van der Waals surface area contributed by atoms with Crippen LogP contribution in [-0.4, -0.2) is 33.4 Å². The first-order chi connectivity index (χ1) is 8.95. The fraction of sp³-hybridized carbons (Fsp3) is 0.417. The lowest BCUT2D eigenvalue weighted by atomic mass is 10.4. The minimum absolute atomic E-state index is 0.00745. The summed E-state index contributed by atoms with van der Waals surface area (Å²) in [5.41, 5.74) is 0. The first kappa shape index (κ1) is 15.8. The van der Waals surface area contributed by atoms with Crippen LogP contribution in [0.4, 0.5) is 4.79 Å². The summed E-state index contributed by atoms with van der Waals surface area (Å²) in [7, 11) is -3.42. The van der Waals surface area contributed by atoms with Gasteiger partial charge in [-0.1, -0.05) is 18.5 Å². The van der Waals surface area contributed by atoms with Crippen LogP contribution < -0.4 is 5.32 Å². The van der Waals surface area contributed by atoms with Crippen molar-refractivity contribution in [3.63, 3.8) is 0 Å². The fourth-order valence-electron chi connectivity index (χ4n) is 1.29. The number of sulfone groups is 1. The molecule has 19 heavy (non-hydrogen) atoms. The molecule has 0 heterocycles. The zero-order valence-electron chi connectivity index (χ0n) is 10.6. The minimum Gasteiger partial charge on any atom is -0.450 e. The molecule has 0 saturated heterocycles. The lowest BCUT2D eigenvalue weighted by molar-refractivity contribution is 0.147. The van der Waals surface area contributed by atoms with E-state index < -0.39 is 15.9 Å². The molecule has 0 fully saturated rings. The van der Waals surface area contributed by atoms with E-state index >= 15 is 0 Å². The Hall–Kier alpha value is -1.27. The lowest BCUT2D eigenvalue weighted by Crippen LogP contribution is -2.29. The van der Waals surface area contributed by atoms with Gasteiger partial charge in [-0.3, -0.25) is 0 Å². The highest BCUT2D eigenvalue weighted by molar-refractivity contribution is 7.91. The van der Waals surface area contributed by atoms with Gasteiger partial charge in [0.2, 0.25) is 0 Å². The molecule has 7 heteroatoms. The highest BCUT2D eigenvalue weighted by atomic mass is 35.5. The van der Waals surface area contributed by atoms with Crippen LogP contribution in [0, 0.1) is 0 Å². The van der Waals surface area contributed by atoms with Crippen molar-refractivity contribution < 1.29 is 17.9 Å². The van der Waals surface area contributed by atoms with Gasteiger partial charge in [-0.15, -0.1) is 0 Å². The number of ether oxygens (including phenoxy) is 1. The summed E-state index contributed by atoms with van der Waals surface area (Å²) >= 11 is 5.69. The Bertz CT molecular complexity index is 513.